The number of unbranched alkanes of at least 4 members (excludes halogenated alkanes) is 28. The maximum absolute atomic E-state index is 10.4. The van der Waals surface area contributed by atoms with Crippen LogP contribution in [0.15, 0.2) is 0 Å². The van der Waals surface area contributed by atoms with Crippen molar-refractivity contribution in [3.05, 3.63) is 0 Å². The van der Waals surface area contributed by atoms with E-state index in [9.17, 15) is 19.2 Å². The van der Waals surface area contributed by atoms with Crippen molar-refractivity contribution in [3.63, 3.8) is 0 Å². The fourth-order valence-electron chi connectivity index (χ4n) is 5.70. The van der Waals surface area contributed by atoms with Crippen molar-refractivity contribution in [2.24, 2.45) is 0 Å². The van der Waals surface area contributed by atoms with Crippen LogP contribution in [0.2, 0.25) is 0 Å². The van der Waals surface area contributed by atoms with Crippen LogP contribution in [0.1, 0.15) is 218 Å². The highest BCUT2D eigenvalue weighted by Gasteiger charge is 2.00. The third kappa shape index (κ3) is 48.8. The van der Waals surface area contributed by atoms with E-state index in [1.807, 2.05) is 0 Å². The quantitative estimate of drug-likeness (QED) is 0.0486. The highest BCUT2D eigenvalue weighted by Crippen LogP contribution is 2.15. The minimum Gasteiger partial charge on any atom is -0.481 e. The average molecular weight is 657 g/mol. The summed E-state index contributed by atoms with van der Waals surface area (Å²) < 4.78 is 0. The van der Waals surface area contributed by atoms with E-state index in [0.717, 1.165) is 51.4 Å². The van der Waals surface area contributed by atoms with Gasteiger partial charge in [0.05, 0.1) is 0 Å². The summed E-state index contributed by atoms with van der Waals surface area (Å²) in [6, 6.07) is 0. The second-order valence-electron chi connectivity index (χ2n) is 13.2. The summed E-state index contributed by atoms with van der Waals surface area (Å²) in [7, 11) is 0. The molecule has 0 rings (SSSR count). The molecule has 0 fully saturated rings. The molecule has 272 valence electrons. The highest BCUT2D eigenvalue weighted by atomic mass is 16.4. The van der Waals surface area contributed by atoms with E-state index in [1.54, 1.807) is 0 Å². The minimum absolute atomic E-state index is 0.316. The van der Waals surface area contributed by atoms with E-state index in [4.69, 9.17) is 20.4 Å². The molecule has 8 heteroatoms. The molecular weight excluding hydrogens is 584 g/mol. The van der Waals surface area contributed by atoms with Crippen molar-refractivity contribution in [1.29, 1.82) is 0 Å². The molecule has 0 saturated carbocycles. The summed E-state index contributed by atoms with van der Waals surface area (Å²) in [5, 5.41) is 34.1. The normalized spacial score (nSPS) is 10.8. The lowest BCUT2D eigenvalue weighted by Gasteiger charge is -2.03. The fourth-order valence-corrected chi connectivity index (χ4v) is 5.70. The lowest BCUT2D eigenvalue weighted by Crippen LogP contribution is -1.93. The molecule has 0 spiro atoms. The van der Waals surface area contributed by atoms with E-state index < -0.39 is 23.9 Å². The molecule has 0 amide bonds. The van der Waals surface area contributed by atoms with Crippen LogP contribution in [-0.4, -0.2) is 44.3 Å². The molecule has 0 aliphatic heterocycles. The zero-order valence-electron chi connectivity index (χ0n) is 29.5. The Morgan fingerprint density at radius 1 is 0.196 bits per heavy atom. The SMILES string of the molecule is O=C(O)CCCCCCCCCCCCCCCCC(=O)O.O=C(O)CCCCCCCCCCCCCCCCCCC(=O)O. The average Bonchev–Trinajstić information content (AvgIpc) is 3.00. The van der Waals surface area contributed by atoms with Crippen LogP contribution in [-0.2, 0) is 19.2 Å². The third-order valence-corrected chi connectivity index (χ3v) is 8.56. The Labute approximate surface area is 281 Å². The summed E-state index contributed by atoms with van der Waals surface area (Å²) in [6.07, 6.45) is 36.9. The van der Waals surface area contributed by atoms with Crippen LogP contribution < -0.4 is 0 Å². The number of rotatable bonds is 36. The van der Waals surface area contributed by atoms with Gasteiger partial charge >= 0.3 is 23.9 Å². The maximum atomic E-state index is 10.4. The summed E-state index contributed by atoms with van der Waals surface area (Å²) >= 11 is 0. The Morgan fingerprint density at radius 2 is 0.283 bits per heavy atom. The van der Waals surface area contributed by atoms with Gasteiger partial charge in [0, 0.05) is 25.7 Å². The predicted octanol–water partition coefficient (Wildman–Crippen LogP) is 11.6. The number of aliphatic carboxylic acids is 4. The van der Waals surface area contributed by atoms with Gasteiger partial charge in [0.25, 0.3) is 0 Å². The fraction of sp³-hybridized carbons (Fsp3) is 0.895. The molecule has 0 bridgehead atoms. The number of carbonyl (C=O) groups is 4. The molecule has 0 heterocycles. The van der Waals surface area contributed by atoms with Crippen molar-refractivity contribution < 1.29 is 39.6 Å². The van der Waals surface area contributed by atoms with E-state index in [2.05, 4.69) is 0 Å². The van der Waals surface area contributed by atoms with E-state index in [-0.39, 0.29) is 0 Å². The van der Waals surface area contributed by atoms with Crippen LogP contribution in [0.4, 0.5) is 0 Å². The number of carboxylic acid groups (broad SMARTS) is 4. The number of carboxylic acids is 4. The minimum atomic E-state index is -0.679. The Morgan fingerprint density at radius 3 is 0.370 bits per heavy atom. The van der Waals surface area contributed by atoms with Crippen molar-refractivity contribution in [2.75, 3.05) is 0 Å². The molecule has 0 aliphatic rings. The van der Waals surface area contributed by atoms with Crippen molar-refractivity contribution in [1.82, 2.24) is 0 Å². The van der Waals surface area contributed by atoms with Crippen LogP contribution in [0.25, 0.3) is 0 Å². The van der Waals surface area contributed by atoms with E-state index in [0.29, 0.717) is 25.7 Å². The van der Waals surface area contributed by atoms with Gasteiger partial charge in [-0.05, 0) is 25.7 Å². The summed E-state index contributed by atoms with van der Waals surface area (Å²) in [5.74, 6) is -2.70. The Bertz CT molecular complexity index is 636. The van der Waals surface area contributed by atoms with Crippen molar-refractivity contribution >= 4 is 23.9 Å². The van der Waals surface area contributed by atoms with Gasteiger partial charge in [-0.2, -0.15) is 0 Å². The first-order valence-corrected chi connectivity index (χ1v) is 19.1. The van der Waals surface area contributed by atoms with Crippen molar-refractivity contribution in [3.8, 4) is 0 Å². The van der Waals surface area contributed by atoms with Crippen LogP contribution in [0.5, 0.6) is 0 Å². The lowest BCUT2D eigenvalue weighted by atomic mass is 10.0. The molecule has 4 N–H and O–H groups in total. The molecule has 46 heavy (non-hydrogen) atoms. The third-order valence-electron chi connectivity index (χ3n) is 8.56. The van der Waals surface area contributed by atoms with Gasteiger partial charge in [-0.25, -0.2) is 0 Å². The summed E-state index contributed by atoms with van der Waals surface area (Å²) in [4.78, 5) is 41.4. The first-order valence-electron chi connectivity index (χ1n) is 19.1. The van der Waals surface area contributed by atoms with Gasteiger partial charge in [0.1, 0.15) is 0 Å². The lowest BCUT2D eigenvalue weighted by molar-refractivity contribution is -0.138. The molecule has 8 nitrogen and oxygen atoms in total. The molecule has 0 saturated heterocycles. The zero-order valence-corrected chi connectivity index (χ0v) is 29.5. The molecule has 0 aromatic heterocycles. The Kier molecular flexibility index (Phi) is 39.1. The Balaban J connectivity index is 0. The smallest absolute Gasteiger partial charge is 0.303 e. The second kappa shape index (κ2) is 39.1. The van der Waals surface area contributed by atoms with Crippen molar-refractivity contribution in [2.45, 2.75) is 218 Å². The topological polar surface area (TPSA) is 149 Å². The molecule has 0 aromatic carbocycles. The van der Waals surface area contributed by atoms with Gasteiger partial charge < -0.3 is 20.4 Å². The highest BCUT2D eigenvalue weighted by molar-refractivity contribution is 5.67. The molecule has 0 aromatic rings. The van der Waals surface area contributed by atoms with E-state index in [1.165, 1.54) is 141 Å². The second-order valence-corrected chi connectivity index (χ2v) is 13.2. The first kappa shape index (κ1) is 46.0. The molecule has 0 radical (unpaired) electrons. The molecule has 0 aliphatic carbocycles. The largest absolute Gasteiger partial charge is 0.481 e. The van der Waals surface area contributed by atoms with E-state index >= 15 is 0 Å². The Hall–Kier alpha value is -2.12. The summed E-state index contributed by atoms with van der Waals surface area (Å²) in [6.45, 7) is 0. The standard InChI is InChI=1S/C20H38O4.C18H34O4/c21-19(22)17-15-13-11-9-7-5-3-1-2-4-6-8-10-12-14-16-18-20(23)24;19-17(20)15-13-11-9-7-5-3-1-2-4-6-8-10-12-14-16-18(21)22/h1-18H2,(H,21,22)(H,23,24);1-16H2,(H,19,20)(H,21,22). The predicted molar refractivity (Wildman–Crippen MR) is 188 cm³/mol. The number of hydrogen-bond donors (Lipinski definition) is 4. The zero-order chi connectivity index (χ0) is 34.4. The molecular formula is C38H72O8. The van der Waals surface area contributed by atoms with Gasteiger partial charge in [0.15, 0.2) is 0 Å². The monoisotopic (exact) mass is 657 g/mol. The first-order chi connectivity index (χ1) is 22.3. The number of hydrogen-bond acceptors (Lipinski definition) is 4. The van der Waals surface area contributed by atoms with Crippen LogP contribution >= 0.6 is 0 Å². The van der Waals surface area contributed by atoms with Gasteiger partial charge in [-0.1, -0.05) is 167 Å². The molecule has 0 unspecified atom stereocenters. The summed E-state index contributed by atoms with van der Waals surface area (Å²) in [5.41, 5.74) is 0. The van der Waals surface area contributed by atoms with Crippen LogP contribution in [0.3, 0.4) is 0 Å². The van der Waals surface area contributed by atoms with Gasteiger partial charge in [0.2, 0.25) is 0 Å². The van der Waals surface area contributed by atoms with Gasteiger partial charge in [-0.3, -0.25) is 19.2 Å². The molecule has 0 atom stereocenters. The van der Waals surface area contributed by atoms with Crippen LogP contribution in [0, 0.1) is 0 Å². The maximum Gasteiger partial charge on any atom is 0.303 e. The van der Waals surface area contributed by atoms with Gasteiger partial charge in [-0.15, -0.1) is 0 Å².